The number of hydrogen-bond donors (Lipinski definition) is 2. The quantitative estimate of drug-likeness (QED) is 0.852. The maximum atomic E-state index is 12.2. The van der Waals surface area contributed by atoms with Crippen molar-refractivity contribution in [3.05, 3.63) is 28.2 Å². The summed E-state index contributed by atoms with van der Waals surface area (Å²) >= 11 is 0. The first-order valence-corrected chi connectivity index (χ1v) is 9.29. The van der Waals surface area contributed by atoms with Crippen LogP contribution < -0.4 is 16.2 Å². The lowest BCUT2D eigenvalue weighted by molar-refractivity contribution is -0.126. The number of carbonyl (C=O) groups is 2. The van der Waals surface area contributed by atoms with Gasteiger partial charge in [-0.05, 0) is 51.0 Å². The highest BCUT2D eigenvalue weighted by atomic mass is 16.2. The van der Waals surface area contributed by atoms with Gasteiger partial charge in [-0.3, -0.25) is 14.4 Å². The van der Waals surface area contributed by atoms with Crippen molar-refractivity contribution in [2.45, 2.75) is 75.4 Å². The van der Waals surface area contributed by atoms with Crippen molar-refractivity contribution in [1.29, 1.82) is 0 Å². The fraction of sp³-hybridized carbons (Fsp3) is 0.667. The molecule has 4 rings (SSSR count). The second kappa shape index (κ2) is 6.61. The molecule has 7 heteroatoms. The van der Waals surface area contributed by atoms with Crippen LogP contribution in [0.2, 0.25) is 0 Å². The molecule has 2 amide bonds. The summed E-state index contributed by atoms with van der Waals surface area (Å²) in [6.45, 7) is 0. The summed E-state index contributed by atoms with van der Waals surface area (Å²) in [5.74, 6) is 0.397. The van der Waals surface area contributed by atoms with Gasteiger partial charge in [0.2, 0.25) is 11.8 Å². The highest BCUT2D eigenvalue weighted by molar-refractivity contribution is 5.90. The van der Waals surface area contributed by atoms with Gasteiger partial charge >= 0.3 is 0 Å². The number of hydrogen-bond acceptors (Lipinski definition) is 4. The van der Waals surface area contributed by atoms with Crippen LogP contribution >= 0.6 is 0 Å². The summed E-state index contributed by atoms with van der Waals surface area (Å²) in [4.78, 5) is 35.6. The molecule has 134 valence electrons. The molecule has 1 atom stereocenters. The summed E-state index contributed by atoms with van der Waals surface area (Å²) in [7, 11) is 0. The average Bonchev–Trinajstić information content (AvgIpc) is 3.37. The minimum Gasteiger partial charge on any atom is -0.352 e. The summed E-state index contributed by atoms with van der Waals surface area (Å²) in [5.41, 5.74) is 0.998. The maximum absolute atomic E-state index is 12.2. The average molecular weight is 344 g/mol. The molecule has 0 bridgehead atoms. The normalized spacial score (nSPS) is 29.3. The molecule has 1 aromatic rings. The Morgan fingerprint density at radius 2 is 1.84 bits per heavy atom. The fourth-order valence-electron chi connectivity index (χ4n) is 3.88. The van der Waals surface area contributed by atoms with Crippen molar-refractivity contribution in [2.24, 2.45) is 0 Å². The van der Waals surface area contributed by atoms with Crippen molar-refractivity contribution in [2.75, 3.05) is 0 Å². The van der Waals surface area contributed by atoms with Crippen LogP contribution in [-0.4, -0.2) is 33.7 Å². The molecule has 0 aromatic carbocycles. The zero-order valence-electron chi connectivity index (χ0n) is 14.2. The van der Waals surface area contributed by atoms with Gasteiger partial charge in [-0.2, -0.15) is 5.10 Å². The molecule has 2 saturated carbocycles. The zero-order valence-corrected chi connectivity index (χ0v) is 14.2. The molecule has 0 radical (unpaired) electrons. The first kappa shape index (κ1) is 16.3. The Bertz CT molecular complexity index is 732. The maximum Gasteiger partial charge on any atom is 0.267 e. The molecule has 1 unspecified atom stereocenters. The molecule has 1 aliphatic heterocycles. The van der Waals surface area contributed by atoms with Gasteiger partial charge in [-0.1, -0.05) is 0 Å². The van der Waals surface area contributed by atoms with Crippen molar-refractivity contribution >= 4 is 11.8 Å². The van der Waals surface area contributed by atoms with Gasteiger partial charge in [-0.25, -0.2) is 4.68 Å². The zero-order chi connectivity index (χ0) is 17.4. The van der Waals surface area contributed by atoms with E-state index in [0.717, 1.165) is 31.4 Å². The van der Waals surface area contributed by atoms with E-state index in [1.54, 1.807) is 10.7 Å². The molecule has 3 aliphatic rings. The lowest BCUT2D eigenvalue weighted by atomic mass is 9.91. The third kappa shape index (κ3) is 3.60. The van der Waals surface area contributed by atoms with E-state index in [1.807, 2.05) is 6.07 Å². The third-order valence-corrected chi connectivity index (χ3v) is 5.54. The molecular formula is C18H24N4O3. The van der Waals surface area contributed by atoms with E-state index in [4.69, 9.17) is 0 Å². The molecule has 0 spiro atoms. The molecule has 2 heterocycles. The second-order valence-corrected chi connectivity index (χ2v) is 7.49. The minimum absolute atomic E-state index is 0.0365. The van der Waals surface area contributed by atoms with Crippen LogP contribution in [0.15, 0.2) is 16.9 Å². The highest BCUT2D eigenvalue weighted by Gasteiger charge is 2.31. The standard InChI is InChI=1S/C18H24N4O3/c23-16-9-7-15(20-16)18(25)19-12-3-5-13(6-4-12)22-17(24)10-8-14(21-22)11-1-2-11/h8,10-13,15H,1-7,9H2,(H,19,25)(H,20,23). The Balaban J connectivity index is 1.34. The van der Waals surface area contributed by atoms with Crippen molar-refractivity contribution in [3.8, 4) is 0 Å². The van der Waals surface area contributed by atoms with Gasteiger partial charge < -0.3 is 10.6 Å². The molecule has 1 aromatic heterocycles. The van der Waals surface area contributed by atoms with Crippen LogP contribution in [0, 0.1) is 0 Å². The Morgan fingerprint density at radius 1 is 1.08 bits per heavy atom. The van der Waals surface area contributed by atoms with Gasteiger partial charge in [0.15, 0.2) is 0 Å². The molecular weight excluding hydrogens is 320 g/mol. The highest BCUT2D eigenvalue weighted by Crippen LogP contribution is 2.38. The second-order valence-electron chi connectivity index (χ2n) is 7.49. The first-order chi connectivity index (χ1) is 12.1. The van der Waals surface area contributed by atoms with Crippen molar-refractivity contribution in [1.82, 2.24) is 20.4 Å². The SMILES string of the molecule is O=C1CCC(C(=O)NC2CCC(n3nc(C4CC4)ccc3=O)CC2)N1. The largest absolute Gasteiger partial charge is 0.352 e. The molecule has 25 heavy (non-hydrogen) atoms. The van der Waals surface area contributed by atoms with Crippen LogP contribution in [0.3, 0.4) is 0 Å². The van der Waals surface area contributed by atoms with Crippen molar-refractivity contribution in [3.63, 3.8) is 0 Å². The molecule has 2 N–H and O–H groups in total. The minimum atomic E-state index is -0.385. The smallest absolute Gasteiger partial charge is 0.267 e. The van der Waals surface area contributed by atoms with Gasteiger partial charge in [0.25, 0.3) is 5.56 Å². The van der Waals surface area contributed by atoms with E-state index in [-0.39, 0.29) is 35.5 Å². The Hall–Kier alpha value is -2.18. The Labute approximate surface area is 146 Å². The van der Waals surface area contributed by atoms with Crippen LogP contribution in [0.5, 0.6) is 0 Å². The first-order valence-electron chi connectivity index (χ1n) is 9.29. The lowest BCUT2D eigenvalue weighted by Crippen LogP contribution is -2.47. The number of aromatic nitrogens is 2. The van der Waals surface area contributed by atoms with E-state index >= 15 is 0 Å². The van der Waals surface area contributed by atoms with E-state index in [9.17, 15) is 14.4 Å². The summed E-state index contributed by atoms with van der Waals surface area (Å²) in [6.07, 6.45) is 6.68. The van der Waals surface area contributed by atoms with E-state index < -0.39 is 0 Å². The number of nitrogens with zero attached hydrogens (tertiary/aromatic N) is 2. The van der Waals surface area contributed by atoms with Crippen LogP contribution in [0.1, 0.15) is 69.0 Å². The summed E-state index contributed by atoms with van der Waals surface area (Å²) < 4.78 is 1.66. The van der Waals surface area contributed by atoms with Crippen LogP contribution in [-0.2, 0) is 9.59 Å². The third-order valence-electron chi connectivity index (χ3n) is 5.54. The number of amides is 2. The van der Waals surface area contributed by atoms with Crippen LogP contribution in [0.25, 0.3) is 0 Å². The van der Waals surface area contributed by atoms with Gasteiger partial charge in [0, 0.05) is 24.4 Å². The Kier molecular flexibility index (Phi) is 4.31. The van der Waals surface area contributed by atoms with Gasteiger partial charge in [0.1, 0.15) is 6.04 Å². The molecule has 7 nitrogen and oxygen atoms in total. The van der Waals surface area contributed by atoms with Crippen LogP contribution in [0.4, 0.5) is 0 Å². The van der Waals surface area contributed by atoms with E-state index in [1.165, 1.54) is 12.8 Å². The summed E-state index contributed by atoms with van der Waals surface area (Å²) in [5, 5.41) is 10.3. The van der Waals surface area contributed by atoms with E-state index in [2.05, 4.69) is 15.7 Å². The lowest BCUT2D eigenvalue weighted by Gasteiger charge is -2.30. The molecule has 1 saturated heterocycles. The fourth-order valence-corrected chi connectivity index (χ4v) is 3.88. The summed E-state index contributed by atoms with van der Waals surface area (Å²) in [6, 6.07) is 3.34. The van der Waals surface area contributed by atoms with Gasteiger partial charge in [-0.15, -0.1) is 0 Å². The number of nitrogens with one attached hydrogen (secondary N) is 2. The number of rotatable bonds is 4. The number of carbonyl (C=O) groups excluding carboxylic acids is 2. The van der Waals surface area contributed by atoms with E-state index in [0.29, 0.717) is 18.8 Å². The Morgan fingerprint density at radius 3 is 2.48 bits per heavy atom. The monoisotopic (exact) mass is 344 g/mol. The predicted molar refractivity (Wildman–Crippen MR) is 91.1 cm³/mol. The molecule has 2 aliphatic carbocycles. The predicted octanol–water partition coefficient (Wildman–Crippen LogP) is 0.999. The van der Waals surface area contributed by atoms with Gasteiger partial charge in [0.05, 0.1) is 11.7 Å². The topological polar surface area (TPSA) is 93.1 Å². The van der Waals surface area contributed by atoms with Crippen molar-refractivity contribution < 1.29 is 9.59 Å². The molecule has 3 fully saturated rings.